The molecule has 1 aromatic heterocycles. The van der Waals surface area contributed by atoms with Crippen LogP contribution in [0.3, 0.4) is 0 Å². The SMILES string of the molecule is Cl.N=C(NC(=O)c1ccccc1)NS(=O)(=O)Nc1ccsc1. The molecular formula is C12H13ClN4O3S2. The van der Waals surface area contributed by atoms with Crippen LogP contribution in [0, 0.1) is 5.41 Å². The maximum Gasteiger partial charge on any atom is 0.323 e. The van der Waals surface area contributed by atoms with Crippen LogP contribution in [0.25, 0.3) is 0 Å². The van der Waals surface area contributed by atoms with Gasteiger partial charge in [0, 0.05) is 10.9 Å². The first kappa shape index (κ1) is 18.0. The van der Waals surface area contributed by atoms with E-state index in [2.05, 4.69) is 10.0 Å². The molecular weight excluding hydrogens is 348 g/mol. The first-order chi connectivity index (χ1) is 9.96. The number of nitrogens with one attached hydrogen (secondary N) is 4. The number of hydrogen-bond acceptors (Lipinski definition) is 5. The van der Waals surface area contributed by atoms with Gasteiger partial charge < -0.3 is 0 Å². The van der Waals surface area contributed by atoms with Gasteiger partial charge in [-0.1, -0.05) is 18.2 Å². The summed E-state index contributed by atoms with van der Waals surface area (Å²) in [4.78, 5) is 11.8. The Morgan fingerprint density at radius 1 is 1.14 bits per heavy atom. The Kier molecular flexibility index (Phi) is 6.35. The van der Waals surface area contributed by atoms with E-state index in [-0.39, 0.29) is 12.4 Å². The van der Waals surface area contributed by atoms with Gasteiger partial charge in [0.25, 0.3) is 5.91 Å². The molecule has 1 heterocycles. The zero-order chi connectivity index (χ0) is 15.3. The Labute approximate surface area is 137 Å². The van der Waals surface area contributed by atoms with Crippen LogP contribution in [0.2, 0.25) is 0 Å². The summed E-state index contributed by atoms with van der Waals surface area (Å²) < 4.78 is 27.6. The molecule has 0 saturated heterocycles. The van der Waals surface area contributed by atoms with Crippen molar-refractivity contribution in [2.45, 2.75) is 0 Å². The third kappa shape index (κ3) is 5.35. The van der Waals surface area contributed by atoms with Gasteiger partial charge in [0.2, 0.25) is 5.96 Å². The molecule has 0 fully saturated rings. The molecule has 0 saturated carbocycles. The van der Waals surface area contributed by atoms with Crippen molar-refractivity contribution < 1.29 is 13.2 Å². The normalized spacial score (nSPS) is 10.2. The second-order valence-electron chi connectivity index (χ2n) is 3.91. The lowest BCUT2D eigenvalue weighted by Gasteiger charge is -2.10. The molecule has 2 rings (SSSR count). The summed E-state index contributed by atoms with van der Waals surface area (Å²) in [7, 11) is -3.96. The number of rotatable bonds is 4. The van der Waals surface area contributed by atoms with Gasteiger partial charge in [0.05, 0.1) is 5.69 Å². The first-order valence-electron chi connectivity index (χ1n) is 5.74. The van der Waals surface area contributed by atoms with Crippen LogP contribution in [-0.2, 0) is 10.2 Å². The predicted molar refractivity (Wildman–Crippen MR) is 88.9 cm³/mol. The van der Waals surface area contributed by atoms with E-state index < -0.39 is 22.1 Å². The lowest BCUT2D eigenvalue weighted by atomic mass is 10.2. The van der Waals surface area contributed by atoms with Crippen LogP contribution < -0.4 is 14.8 Å². The fourth-order valence-electron chi connectivity index (χ4n) is 1.44. The second-order valence-corrected chi connectivity index (χ2v) is 6.11. The zero-order valence-electron chi connectivity index (χ0n) is 11.1. The molecule has 0 radical (unpaired) electrons. The van der Waals surface area contributed by atoms with Crippen molar-refractivity contribution in [2.75, 3.05) is 4.72 Å². The van der Waals surface area contributed by atoms with Gasteiger partial charge in [-0.15, -0.1) is 12.4 Å². The van der Waals surface area contributed by atoms with Crippen LogP contribution in [0.15, 0.2) is 47.2 Å². The number of guanidine groups is 1. The van der Waals surface area contributed by atoms with E-state index in [1.165, 1.54) is 11.3 Å². The monoisotopic (exact) mass is 360 g/mol. The van der Waals surface area contributed by atoms with Crippen molar-refractivity contribution in [2.24, 2.45) is 0 Å². The minimum Gasteiger partial charge on any atom is -0.292 e. The fourth-order valence-corrected chi connectivity index (χ4v) is 2.91. The number of halogens is 1. The summed E-state index contributed by atoms with van der Waals surface area (Å²) >= 11 is 1.33. The highest BCUT2D eigenvalue weighted by Crippen LogP contribution is 2.12. The van der Waals surface area contributed by atoms with Gasteiger partial charge in [0.1, 0.15) is 0 Å². The molecule has 0 aliphatic heterocycles. The van der Waals surface area contributed by atoms with Gasteiger partial charge in [-0.2, -0.15) is 19.8 Å². The number of carbonyl (C=O) groups excluding carboxylic acids is 1. The van der Waals surface area contributed by atoms with Crippen molar-refractivity contribution >= 4 is 51.5 Å². The van der Waals surface area contributed by atoms with Crippen molar-refractivity contribution in [3.63, 3.8) is 0 Å². The molecule has 7 nitrogen and oxygen atoms in total. The number of anilines is 1. The molecule has 1 aromatic carbocycles. The molecule has 0 bridgehead atoms. The lowest BCUT2D eigenvalue weighted by molar-refractivity contribution is 0.0976. The average Bonchev–Trinajstić information content (AvgIpc) is 2.90. The van der Waals surface area contributed by atoms with E-state index in [0.717, 1.165) is 0 Å². The van der Waals surface area contributed by atoms with Gasteiger partial charge in [0.15, 0.2) is 0 Å². The summed E-state index contributed by atoms with van der Waals surface area (Å²) in [6, 6.07) is 9.77. The number of hydrogen-bond donors (Lipinski definition) is 4. The van der Waals surface area contributed by atoms with Crippen molar-refractivity contribution in [3.05, 3.63) is 52.7 Å². The maximum absolute atomic E-state index is 11.8. The Bertz CT molecular complexity index is 733. The molecule has 0 unspecified atom stereocenters. The van der Waals surface area contributed by atoms with Crippen LogP contribution in [0.4, 0.5) is 5.69 Å². The quantitative estimate of drug-likeness (QED) is 0.492. The average molecular weight is 361 g/mol. The van der Waals surface area contributed by atoms with Gasteiger partial charge >= 0.3 is 10.2 Å². The molecule has 4 N–H and O–H groups in total. The topological polar surface area (TPSA) is 111 Å². The summed E-state index contributed by atoms with van der Waals surface area (Å²) in [6.45, 7) is 0. The fraction of sp³-hybridized carbons (Fsp3) is 0. The summed E-state index contributed by atoms with van der Waals surface area (Å²) in [5.41, 5.74) is 0.710. The predicted octanol–water partition coefficient (Wildman–Crippen LogP) is 1.78. The Hall–Kier alpha value is -2.10. The van der Waals surface area contributed by atoms with Gasteiger partial charge in [-0.25, -0.2) is 4.72 Å². The molecule has 0 aliphatic rings. The van der Waals surface area contributed by atoms with E-state index >= 15 is 0 Å². The molecule has 10 heteroatoms. The molecule has 118 valence electrons. The van der Waals surface area contributed by atoms with Crippen LogP contribution in [0.5, 0.6) is 0 Å². The molecule has 22 heavy (non-hydrogen) atoms. The third-order valence-corrected chi connectivity index (χ3v) is 3.94. The highest BCUT2D eigenvalue weighted by molar-refractivity contribution is 7.91. The zero-order valence-corrected chi connectivity index (χ0v) is 13.5. The highest BCUT2D eigenvalue weighted by atomic mass is 35.5. The van der Waals surface area contributed by atoms with E-state index in [4.69, 9.17) is 5.41 Å². The van der Waals surface area contributed by atoms with Crippen molar-refractivity contribution in [3.8, 4) is 0 Å². The Balaban J connectivity index is 0.00000242. The van der Waals surface area contributed by atoms with Crippen LogP contribution in [0.1, 0.15) is 10.4 Å². The number of benzene rings is 1. The first-order valence-corrected chi connectivity index (χ1v) is 8.16. The smallest absolute Gasteiger partial charge is 0.292 e. The second kappa shape index (κ2) is 7.78. The van der Waals surface area contributed by atoms with E-state index in [1.54, 1.807) is 47.2 Å². The van der Waals surface area contributed by atoms with Gasteiger partial charge in [-0.3, -0.25) is 20.2 Å². The van der Waals surface area contributed by atoms with Crippen LogP contribution >= 0.6 is 23.7 Å². The van der Waals surface area contributed by atoms with E-state index in [9.17, 15) is 13.2 Å². The highest BCUT2D eigenvalue weighted by Gasteiger charge is 2.14. The van der Waals surface area contributed by atoms with E-state index in [0.29, 0.717) is 11.3 Å². The minimum atomic E-state index is -3.96. The molecule has 1 amide bonds. The largest absolute Gasteiger partial charge is 0.323 e. The number of carbonyl (C=O) groups is 1. The van der Waals surface area contributed by atoms with Crippen molar-refractivity contribution in [1.82, 2.24) is 10.0 Å². The molecule has 0 aliphatic carbocycles. The number of thiophene rings is 1. The van der Waals surface area contributed by atoms with E-state index in [1.807, 2.05) is 4.72 Å². The summed E-state index contributed by atoms with van der Waals surface area (Å²) in [5.74, 6) is -1.20. The summed E-state index contributed by atoms with van der Waals surface area (Å²) in [6.07, 6.45) is 0. The van der Waals surface area contributed by atoms with Gasteiger partial charge in [-0.05, 0) is 23.6 Å². The Morgan fingerprint density at radius 2 is 1.82 bits per heavy atom. The summed E-state index contributed by atoms with van der Waals surface area (Å²) in [5, 5.41) is 13.0. The lowest BCUT2D eigenvalue weighted by Crippen LogP contribution is -2.45. The maximum atomic E-state index is 11.8. The number of amides is 1. The van der Waals surface area contributed by atoms with Crippen LogP contribution in [-0.4, -0.2) is 20.3 Å². The third-order valence-electron chi connectivity index (χ3n) is 2.28. The standard InChI is InChI=1S/C12H12N4O3S2.ClH/c13-12(14-11(17)9-4-2-1-3-5-9)16-21(18,19)15-10-6-7-20-8-10;/h1-8,15H,(H3,13,14,16,17);1H. The molecule has 0 spiro atoms. The minimum absolute atomic E-state index is 0. The van der Waals surface area contributed by atoms with Crippen molar-refractivity contribution in [1.29, 1.82) is 5.41 Å². The molecule has 2 aromatic rings. The molecule has 0 atom stereocenters. The Morgan fingerprint density at radius 3 is 2.41 bits per heavy atom.